The van der Waals surface area contributed by atoms with Crippen LogP contribution in [0, 0.1) is 5.92 Å². The van der Waals surface area contributed by atoms with Gasteiger partial charge in [-0.15, -0.1) is 11.3 Å². The number of amides is 3. The van der Waals surface area contributed by atoms with Crippen LogP contribution in [0.3, 0.4) is 0 Å². The van der Waals surface area contributed by atoms with E-state index < -0.39 is 11.8 Å². The van der Waals surface area contributed by atoms with Gasteiger partial charge >= 0.3 is 0 Å². The Labute approximate surface area is 172 Å². The largest absolute Gasteiger partial charge is 0.365 e. The fraction of sp³-hybridized carbons (Fsp3) is 0.333. The van der Waals surface area contributed by atoms with Gasteiger partial charge in [0, 0.05) is 17.7 Å². The highest BCUT2D eigenvalue weighted by Gasteiger charge is 2.30. The minimum Gasteiger partial charge on any atom is -0.365 e. The van der Waals surface area contributed by atoms with Crippen molar-refractivity contribution in [1.82, 2.24) is 0 Å². The van der Waals surface area contributed by atoms with Crippen molar-refractivity contribution in [2.24, 2.45) is 16.8 Å². The maximum Gasteiger partial charge on any atom is 0.272 e. The summed E-state index contributed by atoms with van der Waals surface area (Å²) in [4.78, 5) is 38.3. The first kappa shape index (κ1) is 19.3. The number of rotatable bonds is 4. The van der Waals surface area contributed by atoms with E-state index in [0.717, 1.165) is 29.7 Å². The Morgan fingerprint density at radius 2 is 1.97 bits per heavy atom. The monoisotopic (exact) mass is 410 g/mol. The van der Waals surface area contributed by atoms with Gasteiger partial charge in [0.25, 0.3) is 11.8 Å². The Morgan fingerprint density at radius 3 is 2.69 bits per heavy atom. The Hall–Kier alpha value is -3.00. The van der Waals surface area contributed by atoms with Crippen LogP contribution in [0.1, 0.15) is 47.0 Å². The number of carbonyl (C=O) groups excluding carboxylic acids is 3. The smallest absolute Gasteiger partial charge is 0.272 e. The molecule has 2 aliphatic rings. The Bertz CT molecular complexity index is 1010. The number of anilines is 2. The SMILES string of the molecule is CC1CCc2c(sc(NC(=O)C3=NN(c4ccccc4)C(=O)CC3)c2C(N)=O)C1. The van der Waals surface area contributed by atoms with Gasteiger partial charge in [-0.1, -0.05) is 25.1 Å². The first-order valence-electron chi connectivity index (χ1n) is 9.65. The zero-order chi connectivity index (χ0) is 20.5. The number of hydrogen-bond acceptors (Lipinski definition) is 5. The number of thiophene rings is 1. The summed E-state index contributed by atoms with van der Waals surface area (Å²) in [7, 11) is 0. The van der Waals surface area contributed by atoms with E-state index in [1.54, 1.807) is 12.1 Å². The molecule has 1 aromatic carbocycles. The second-order valence-electron chi connectivity index (χ2n) is 7.46. The lowest BCUT2D eigenvalue weighted by molar-refractivity contribution is -0.118. The Kier molecular flexibility index (Phi) is 5.19. The summed E-state index contributed by atoms with van der Waals surface area (Å²) < 4.78 is 0. The quantitative estimate of drug-likeness (QED) is 0.809. The van der Waals surface area contributed by atoms with Gasteiger partial charge in [-0.05, 0) is 42.9 Å². The third-order valence-corrected chi connectivity index (χ3v) is 6.45. The van der Waals surface area contributed by atoms with Crippen LogP contribution in [0.5, 0.6) is 0 Å². The third-order valence-electron chi connectivity index (χ3n) is 5.28. The van der Waals surface area contributed by atoms with Gasteiger partial charge in [0.1, 0.15) is 10.7 Å². The summed E-state index contributed by atoms with van der Waals surface area (Å²) in [6, 6.07) is 9.00. The number of carbonyl (C=O) groups is 3. The van der Waals surface area contributed by atoms with Gasteiger partial charge in [-0.3, -0.25) is 14.4 Å². The van der Waals surface area contributed by atoms with E-state index in [-0.39, 0.29) is 24.5 Å². The van der Waals surface area contributed by atoms with Crippen molar-refractivity contribution in [3.63, 3.8) is 0 Å². The molecule has 3 N–H and O–H groups in total. The average molecular weight is 410 g/mol. The molecule has 0 saturated carbocycles. The van der Waals surface area contributed by atoms with Crippen LogP contribution in [-0.4, -0.2) is 23.4 Å². The third kappa shape index (κ3) is 3.80. The summed E-state index contributed by atoms with van der Waals surface area (Å²) >= 11 is 1.42. The maximum atomic E-state index is 12.9. The minimum absolute atomic E-state index is 0.161. The van der Waals surface area contributed by atoms with Gasteiger partial charge in [-0.25, -0.2) is 5.01 Å². The zero-order valence-corrected chi connectivity index (χ0v) is 16.9. The number of fused-ring (bicyclic) bond motifs is 1. The predicted octanol–water partition coefficient (Wildman–Crippen LogP) is 3.09. The van der Waals surface area contributed by atoms with Crippen LogP contribution < -0.4 is 16.1 Å². The van der Waals surface area contributed by atoms with Crippen LogP contribution in [0.2, 0.25) is 0 Å². The lowest BCUT2D eigenvalue weighted by Crippen LogP contribution is -2.36. The predicted molar refractivity (Wildman–Crippen MR) is 113 cm³/mol. The van der Waals surface area contributed by atoms with Gasteiger partial charge in [0.05, 0.1) is 11.3 Å². The molecule has 8 heteroatoms. The minimum atomic E-state index is -0.529. The molecule has 4 rings (SSSR count). The van der Waals surface area contributed by atoms with E-state index in [4.69, 9.17) is 5.73 Å². The number of nitrogens with two attached hydrogens (primary N) is 1. The Balaban J connectivity index is 1.61. The van der Waals surface area contributed by atoms with Gasteiger partial charge in [-0.2, -0.15) is 5.10 Å². The molecular formula is C21H22N4O3S. The van der Waals surface area contributed by atoms with Gasteiger partial charge in [0.2, 0.25) is 5.91 Å². The highest BCUT2D eigenvalue weighted by atomic mass is 32.1. The molecule has 0 radical (unpaired) electrons. The van der Waals surface area contributed by atoms with E-state index in [1.165, 1.54) is 16.3 Å². The molecule has 1 aliphatic heterocycles. The summed E-state index contributed by atoms with van der Waals surface area (Å²) in [5, 5.41) is 8.84. The molecule has 2 heterocycles. The highest BCUT2D eigenvalue weighted by Crippen LogP contribution is 2.39. The molecule has 0 fully saturated rings. The van der Waals surface area contributed by atoms with E-state index in [2.05, 4.69) is 17.3 Å². The second kappa shape index (κ2) is 7.79. The summed E-state index contributed by atoms with van der Waals surface area (Å²) in [6.45, 7) is 2.18. The number of hydrazone groups is 1. The molecule has 0 spiro atoms. The average Bonchev–Trinajstić information content (AvgIpc) is 3.05. The van der Waals surface area contributed by atoms with Crippen LogP contribution >= 0.6 is 11.3 Å². The molecule has 1 unspecified atom stereocenters. The number of para-hydroxylation sites is 1. The number of primary amides is 1. The van der Waals surface area contributed by atoms with Gasteiger partial charge < -0.3 is 11.1 Å². The molecule has 7 nitrogen and oxygen atoms in total. The standard InChI is InChI=1S/C21H22N4O3S/c1-12-7-8-14-16(11-12)29-21(18(14)19(22)27)23-20(28)15-9-10-17(26)25(24-15)13-5-3-2-4-6-13/h2-6,12H,7-11H2,1H3,(H2,22,27)(H,23,28). The molecule has 0 saturated heterocycles. The molecule has 0 bridgehead atoms. The van der Waals surface area contributed by atoms with Crippen molar-refractivity contribution >= 4 is 45.5 Å². The molecule has 1 aliphatic carbocycles. The summed E-state index contributed by atoms with van der Waals surface area (Å²) in [5.41, 5.74) is 7.86. The summed E-state index contributed by atoms with van der Waals surface area (Å²) in [5.74, 6) is -0.559. The van der Waals surface area contributed by atoms with Crippen molar-refractivity contribution in [2.45, 2.75) is 39.0 Å². The van der Waals surface area contributed by atoms with Gasteiger partial charge in [0.15, 0.2) is 0 Å². The van der Waals surface area contributed by atoms with Crippen molar-refractivity contribution in [1.29, 1.82) is 0 Å². The molecule has 1 atom stereocenters. The first-order chi connectivity index (χ1) is 13.9. The first-order valence-corrected chi connectivity index (χ1v) is 10.5. The van der Waals surface area contributed by atoms with Crippen LogP contribution in [0.15, 0.2) is 35.4 Å². The number of nitrogens with one attached hydrogen (secondary N) is 1. The fourth-order valence-corrected chi connectivity index (χ4v) is 5.17. The Morgan fingerprint density at radius 1 is 1.21 bits per heavy atom. The molecule has 150 valence electrons. The van der Waals surface area contributed by atoms with Crippen LogP contribution in [0.25, 0.3) is 0 Å². The molecular weight excluding hydrogens is 388 g/mol. The summed E-state index contributed by atoms with van der Waals surface area (Å²) in [6.07, 6.45) is 3.12. The van der Waals surface area contributed by atoms with Crippen molar-refractivity contribution in [3.05, 3.63) is 46.3 Å². The van der Waals surface area contributed by atoms with Crippen molar-refractivity contribution < 1.29 is 14.4 Å². The lowest BCUT2D eigenvalue weighted by atomic mass is 9.88. The maximum absolute atomic E-state index is 12.9. The van der Waals surface area contributed by atoms with E-state index in [1.807, 2.05) is 18.2 Å². The van der Waals surface area contributed by atoms with E-state index in [9.17, 15) is 14.4 Å². The molecule has 29 heavy (non-hydrogen) atoms. The van der Waals surface area contributed by atoms with Crippen LogP contribution in [-0.2, 0) is 22.4 Å². The lowest BCUT2D eigenvalue weighted by Gasteiger charge is -2.23. The molecule has 2 aromatic rings. The number of nitrogens with zero attached hydrogens (tertiary/aromatic N) is 2. The molecule has 1 aromatic heterocycles. The second-order valence-corrected chi connectivity index (χ2v) is 8.57. The normalized spacial score (nSPS) is 18.8. The zero-order valence-electron chi connectivity index (χ0n) is 16.1. The van der Waals surface area contributed by atoms with Crippen LogP contribution in [0.4, 0.5) is 10.7 Å². The van der Waals surface area contributed by atoms with Crippen molar-refractivity contribution in [3.8, 4) is 0 Å². The van der Waals surface area contributed by atoms with Crippen molar-refractivity contribution in [2.75, 3.05) is 10.3 Å². The number of hydrogen-bond donors (Lipinski definition) is 2. The molecule has 3 amide bonds. The topological polar surface area (TPSA) is 105 Å². The van der Waals surface area contributed by atoms with E-state index >= 15 is 0 Å². The highest BCUT2D eigenvalue weighted by molar-refractivity contribution is 7.17. The number of benzene rings is 1. The van der Waals surface area contributed by atoms with E-state index in [0.29, 0.717) is 22.2 Å². The fourth-order valence-electron chi connectivity index (χ4n) is 3.76.